The number of halogens is 1. The first-order valence-electron chi connectivity index (χ1n) is 7.73. The number of hydrogen-bond acceptors (Lipinski definition) is 2. The molecule has 1 aliphatic carbocycles. The van der Waals surface area contributed by atoms with Crippen LogP contribution in [0.15, 0.2) is 34.3 Å². The highest BCUT2D eigenvalue weighted by Gasteiger charge is 2.18. The molecule has 1 aromatic carbocycles. The van der Waals surface area contributed by atoms with Crippen LogP contribution in [0.4, 0.5) is 0 Å². The van der Waals surface area contributed by atoms with Crippen LogP contribution in [-0.4, -0.2) is 13.7 Å². The largest absolute Gasteiger partial charge is 0.496 e. The van der Waals surface area contributed by atoms with E-state index in [1.807, 2.05) is 6.07 Å². The highest BCUT2D eigenvalue weighted by molar-refractivity contribution is 9.10. The number of methoxy groups -OCH3 is 1. The molecule has 0 saturated carbocycles. The molecule has 0 radical (unpaired) electrons. The van der Waals surface area contributed by atoms with Gasteiger partial charge < -0.3 is 10.1 Å². The van der Waals surface area contributed by atoms with Crippen LogP contribution in [0.25, 0.3) is 0 Å². The van der Waals surface area contributed by atoms with Crippen molar-refractivity contribution in [3.63, 3.8) is 0 Å². The van der Waals surface area contributed by atoms with Crippen LogP contribution in [-0.2, 0) is 0 Å². The Hall–Kier alpha value is -0.800. The van der Waals surface area contributed by atoms with E-state index in [0.717, 1.165) is 28.6 Å². The van der Waals surface area contributed by atoms with Crippen LogP contribution < -0.4 is 10.1 Å². The highest BCUT2D eigenvalue weighted by atomic mass is 79.9. The lowest BCUT2D eigenvalue weighted by Crippen LogP contribution is -2.28. The fourth-order valence-electron chi connectivity index (χ4n) is 3.26. The molecule has 116 valence electrons. The van der Waals surface area contributed by atoms with Crippen molar-refractivity contribution in [2.45, 2.75) is 39.7 Å². The summed E-state index contributed by atoms with van der Waals surface area (Å²) < 4.78 is 6.30. The third kappa shape index (κ3) is 4.58. The molecule has 2 rings (SSSR count). The third-order valence-electron chi connectivity index (χ3n) is 4.27. The lowest BCUT2D eigenvalue weighted by atomic mass is 9.83. The minimum Gasteiger partial charge on any atom is -0.496 e. The Kier molecular flexibility index (Phi) is 5.88. The molecular weight excluding hydrogens is 326 g/mol. The maximum Gasteiger partial charge on any atom is 0.133 e. The second-order valence-corrected chi connectivity index (χ2v) is 7.17. The maximum atomic E-state index is 5.28. The molecular formula is C18H26BrNO. The van der Waals surface area contributed by atoms with Crippen molar-refractivity contribution >= 4 is 15.9 Å². The van der Waals surface area contributed by atoms with Crippen LogP contribution >= 0.6 is 15.9 Å². The summed E-state index contributed by atoms with van der Waals surface area (Å²) in [6, 6.07) is 6.66. The molecule has 3 unspecified atom stereocenters. The molecule has 0 bridgehead atoms. The van der Waals surface area contributed by atoms with E-state index in [4.69, 9.17) is 4.74 Å². The van der Waals surface area contributed by atoms with Crippen LogP contribution in [0.5, 0.6) is 5.75 Å². The van der Waals surface area contributed by atoms with Gasteiger partial charge in [0, 0.05) is 6.04 Å². The van der Waals surface area contributed by atoms with Gasteiger partial charge in [-0.1, -0.05) is 24.6 Å². The Morgan fingerprint density at radius 3 is 2.81 bits per heavy atom. The summed E-state index contributed by atoms with van der Waals surface area (Å²) in [6.07, 6.45) is 4.94. The Labute approximate surface area is 137 Å². The standard InChI is InChI=1S/C18H26BrNO/c1-12-7-13(2)9-15(8-12)11-20-14(3)16-5-6-18(21-4)17(19)10-16/h5-7,10,12,14-15,20H,8-9,11H2,1-4H3. The first-order valence-corrected chi connectivity index (χ1v) is 8.53. The normalized spacial score (nSPS) is 23.6. The molecule has 0 heterocycles. The van der Waals surface area contributed by atoms with E-state index in [1.165, 1.54) is 18.4 Å². The quantitative estimate of drug-likeness (QED) is 0.745. The van der Waals surface area contributed by atoms with Crippen molar-refractivity contribution in [1.82, 2.24) is 5.32 Å². The van der Waals surface area contributed by atoms with Crippen LogP contribution in [0.3, 0.4) is 0 Å². The predicted molar refractivity (Wildman–Crippen MR) is 92.8 cm³/mol. The summed E-state index contributed by atoms with van der Waals surface area (Å²) in [5.74, 6) is 2.36. The number of allylic oxidation sites excluding steroid dienone is 2. The molecule has 21 heavy (non-hydrogen) atoms. The zero-order valence-electron chi connectivity index (χ0n) is 13.4. The molecule has 0 aliphatic heterocycles. The van der Waals surface area contributed by atoms with Crippen molar-refractivity contribution in [1.29, 1.82) is 0 Å². The average molecular weight is 352 g/mol. The fraction of sp³-hybridized carbons (Fsp3) is 0.556. The molecule has 0 amide bonds. The van der Waals surface area contributed by atoms with Crippen molar-refractivity contribution < 1.29 is 4.74 Å². The SMILES string of the molecule is COc1ccc(C(C)NCC2CC(C)=CC(C)C2)cc1Br. The summed E-state index contributed by atoms with van der Waals surface area (Å²) in [5.41, 5.74) is 2.83. The lowest BCUT2D eigenvalue weighted by Gasteiger charge is -2.27. The fourth-order valence-corrected chi connectivity index (χ4v) is 3.81. The zero-order valence-corrected chi connectivity index (χ0v) is 15.0. The number of benzene rings is 1. The van der Waals surface area contributed by atoms with Crippen molar-refractivity contribution in [2.75, 3.05) is 13.7 Å². The van der Waals surface area contributed by atoms with Gasteiger partial charge in [0.2, 0.25) is 0 Å². The third-order valence-corrected chi connectivity index (χ3v) is 4.89. The molecule has 1 aliphatic rings. The molecule has 3 atom stereocenters. The minimum absolute atomic E-state index is 0.355. The summed E-state index contributed by atoms with van der Waals surface area (Å²) in [7, 11) is 1.70. The predicted octanol–water partition coefficient (Wildman–Crippen LogP) is 5.10. The molecule has 0 fully saturated rings. The second-order valence-electron chi connectivity index (χ2n) is 6.32. The van der Waals surface area contributed by atoms with Gasteiger partial charge in [-0.05, 0) is 78.7 Å². The van der Waals surface area contributed by atoms with Crippen molar-refractivity contribution in [3.05, 3.63) is 39.9 Å². The van der Waals surface area contributed by atoms with E-state index in [-0.39, 0.29) is 0 Å². The number of nitrogens with one attached hydrogen (secondary N) is 1. The zero-order chi connectivity index (χ0) is 15.4. The van der Waals surface area contributed by atoms with Crippen molar-refractivity contribution in [3.8, 4) is 5.75 Å². The van der Waals surface area contributed by atoms with Crippen molar-refractivity contribution in [2.24, 2.45) is 11.8 Å². The molecule has 2 nitrogen and oxygen atoms in total. The first kappa shape index (κ1) is 16.6. The van der Waals surface area contributed by atoms with Gasteiger partial charge in [-0.3, -0.25) is 0 Å². The van der Waals surface area contributed by atoms with Crippen LogP contribution in [0.1, 0.15) is 45.2 Å². The van der Waals surface area contributed by atoms with E-state index >= 15 is 0 Å². The molecule has 0 spiro atoms. The molecule has 1 aromatic rings. The van der Waals surface area contributed by atoms with E-state index in [0.29, 0.717) is 6.04 Å². The summed E-state index contributed by atoms with van der Waals surface area (Å²) in [5, 5.41) is 3.69. The molecule has 0 aromatic heterocycles. The number of ether oxygens (including phenoxy) is 1. The highest BCUT2D eigenvalue weighted by Crippen LogP contribution is 2.30. The van der Waals surface area contributed by atoms with Gasteiger partial charge in [0.1, 0.15) is 5.75 Å². The van der Waals surface area contributed by atoms with Crippen LogP contribution in [0.2, 0.25) is 0 Å². The maximum absolute atomic E-state index is 5.28. The second kappa shape index (κ2) is 7.46. The van der Waals surface area contributed by atoms with Gasteiger partial charge in [-0.2, -0.15) is 0 Å². The topological polar surface area (TPSA) is 21.3 Å². The average Bonchev–Trinajstić information content (AvgIpc) is 2.43. The lowest BCUT2D eigenvalue weighted by molar-refractivity contribution is 0.366. The van der Waals surface area contributed by atoms with Gasteiger partial charge in [-0.15, -0.1) is 0 Å². The Balaban J connectivity index is 1.91. The Bertz CT molecular complexity index is 512. The molecule has 0 saturated heterocycles. The van der Waals surface area contributed by atoms with E-state index in [9.17, 15) is 0 Å². The van der Waals surface area contributed by atoms with E-state index in [2.05, 4.69) is 60.2 Å². The monoisotopic (exact) mass is 351 g/mol. The van der Waals surface area contributed by atoms with Gasteiger partial charge in [0.25, 0.3) is 0 Å². The number of rotatable bonds is 5. The summed E-state index contributed by atoms with van der Waals surface area (Å²) in [4.78, 5) is 0. The molecule has 3 heteroatoms. The smallest absolute Gasteiger partial charge is 0.133 e. The number of hydrogen-bond donors (Lipinski definition) is 1. The summed E-state index contributed by atoms with van der Waals surface area (Å²) >= 11 is 3.56. The van der Waals surface area contributed by atoms with Gasteiger partial charge in [0.15, 0.2) is 0 Å². The Morgan fingerprint density at radius 1 is 1.43 bits per heavy atom. The van der Waals surface area contributed by atoms with Gasteiger partial charge in [0.05, 0.1) is 11.6 Å². The Morgan fingerprint density at radius 2 is 2.19 bits per heavy atom. The minimum atomic E-state index is 0.355. The summed E-state index contributed by atoms with van der Waals surface area (Å²) in [6.45, 7) is 7.88. The van der Waals surface area contributed by atoms with E-state index < -0.39 is 0 Å². The van der Waals surface area contributed by atoms with Crippen LogP contribution in [0, 0.1) is 11.8 Å². The van der Waals surface area contributed by atoms with Gasteiger partial charge >= 0.3 is 0 Å². The van der Waals surface area contributed by atoms with Gasteiger partial charge in [-0.25, -0.2) is 0 Å². The molecule has 1 N–H and O–H groups in total. The van der Waals surface area contributed by atoms with E-state index in [1.54, 1.807) is 12.7 Å². The first-order chi connectivity index (χ1) is 9.99.